The molecular weight excluding hydrogens is 326 g/mol. The summed E-state index contributed by atoms with van der Waals surface area (Å²) in [4.78, 5) is 12.4. The van der Waals surface area contributed by atoms with Crippen LogP contribution in [-0.4, -0.2) is 22.2 Å². The molecule has 4 aromatic rings. The number of para-hydroxylation sites is 2. The number of amides is 1. The van der Waals surface area contributed by atoms with Gasteiger partial charge in [0.05, 0.1) is 11.9 Å². The van der Waals surface area contributed by atoms with Gasteiger partial charge in [-0.25, -0.2) is 4.68 Å². The van der Waals surface area contributed by atoms with Crippen LogP contribution in [0.4, 0.5) is 0 Å². The molecule has 0 atom stereocenters. The summed E-state index contributed by atoms with van der Waals surface area (Å²) in [6.07, 6.45) is 4.51. The van der Waals surface area contributed by atoms with Crippen LogP contribution in [0.5, 0.6) is 0 Å². The fraction of sp³-hybridized carbons (Fsp3) is 0.143. The molecular formula is C21H19N3O2. The van der Waals surface area contributed by atoms with Gasteiger partial charge in [0.1, 0.15) is 5.58 Å². The van der Waals surface area contributed by atoms with Crippen molar-refractivity contribution in [1.29, 1.82) is 0 Å². The Morgan fingerprint density at radius 1 is 1.12 bits per heavy atom. The van der Waals surface area contributed by atoms with Gasteiger partial charge in [0, 0.05) is 23.7 Å². The van der Waals surface area contributed by atoms with Gasteiger partial charge in [0.15, 0.2) is 5.76 Å². The van der Waals surface area contributed by atoms with Gasteiger partial charge in [-0.2, -0.15) is 5.10 Å². The molecule has 5 heteroatoms. The van der Waals surface area contributed by atoms with Gasteiger partial charge in [0.2, 0.25) is 0 Å². The molecule has 0 unspecified atom stereocenters. The van der Waals surface area contributed by atoms with Crippen LogP contribution in [0, 0.1) is 6.92 Å². The molecule has 0 bridgehead atoms. The molecule has 0 saturated carbocycles. The van der Waals surface area contributed by atoms with Crippen LogP contribution in [0.25, 0.3) is 16.7 Å². The average molecular weight is 345 g/mol. The number of aromatic nitrogens is 2. The number of nitrogens with zero attached hydrogens (tertiary/aromatic N) is 2. The minimum atomic E-state index is -0.186. The van der Waals surface area contributed by atoms with Crippen molar-refractivity contribution in [1.82, 2.24) is 15.1 Å². The Morgan fingerprint density at radius 3 is 2.69 bits per heavy atom. The number of rotatable bonds is 5. The Hall–Kier alpha value is -3.34. The topological polar surface area (TPSA) is 60.1 Å². The minimum Gasteiger partial charge on any atom is -0.451 e. The smallest absolute Gasteiger partial charge is 0.287 e. The third-order valence-electron chi connectivity index (χ3n) is 4.41. The quantitative estimate of drug-likeness (QED) is 0.597. The lowest BCUT2D eigenvalue weighted by Crippen LogP contribution is -2.25. The molecule has 2 aromatic carbocycles. The van der Waals surface area contributed by atoms with Crippen LogP contribution in [0.2, 0.25) is 0 Å². The van der Waals surface area contributed by atoms with Crippen molar-refractivity contribution in [3.8, 4) is 5.69 Å². The van der Waals surface area contributed by atoms with E-state index in [0.29, 0.717) is 18.7 Å². The van der Waals surface area contributed by atoms with Crippen molar-refractivity contribution in [2.45, 2.75) is 13.3 Å². The highest BCUT2D eigenvalue weighted by molar-refractivity contribution is 5.98. The Balaban J connectivity index is 1.39. The van der Waals surface area contributed by atoms with Gasteiger partial charge in [-0.05, 0) is 37.1 Å². The minimum absolute atomic E-state index is 0.186. The lowest BCUT2D eigenvalue weighted by molar-refractivity contribution is 0.0928. The fourth-order valence-corrected chi connectivity index (χ4v) is 3.00. The first-order valence-electron chi connectivity index (χ1n) is 8.57. The zero-order chi connectivity index (χ0) is 17.9. The maximum absolute atomic E-state index is 12.4. The summed E-state index contributed by atoms with van der Waals surface area (Å²) in [5.41, 5.74) is 3.69. The standard InChI is InChI=1S/C21H19N3O2/c1-15-18-9-5-6-10-19(18)26-20(15)21(25)22-12-11-16-13-23-24(14-16)17-7-3-2-4-8-17/h2-10,13-14H,11-12H2,1H3,(H,22,25). The molecule has 0 saturated heterocycles. The first-order valence-corrected chi connectivity index (χ1v) is 8.57. The van der Waals surface area contributed by atoms with E-state index in [2.05, 4.69) is 10.4 Å². The van der Waals surface area contributed by atoms with Crippen molar-refractivity contribution in [2.24, 2.45) is 0 Å². The van der Waals surface area contributed by atoms with E-state index in [9.17, 15) is 4.79 Å². The molecule has 0 spiro atoms. The zero-order valence-corrected chi connectivity index (χ0v) is 14.5. The van der Waals surface area contributed by atoms with Crippen LogP contribution in [0.1, 0.15) is 21.7 Å². The van der Waals surface area contributed by atoms with Gasteiger partial charge in [-0.15, -0.1) is 0 Å². The van der Waals surface area contributed by atoms with Crippen molar-refractivity contribution < 1.29 is 9.21 Å². The van der Waals surface area contributed by atoms with Crippen molar-refractivity contribution in [3.63, 3.8) is 0 Å². The summed E-state index contributed by atoms with van der Waals surface area (Å²) >= 11 is 0. The maximum atomic E-state index is 12.4. The van der Waals surface area contributed by atoms with E-state index in [4.69, 9.17) is 4.42 Å². The number of furan rings is 1. The third-order valence-corrected chi connectivity index (χ3v) is 4.41. The SMILES string of the molecule is Cc1c(C(=O)NCCc2cnn(-c3ccccc3)c2)oc2ccccc12. The monoisotopic (exact) mass is 345 g/mol. The first-order chi connectivity index (χ1) is 12.7. The van der Waals surface area contributed by atoms with E-state index < -0.39 is 0 Å². The second-order valence-electron chi connectivity index (χ2n) is 6.19. The molecule has 26 heavy (non-hydrogen) atoms. The number of hydrogen-bond donors (Lipinski definition) is 1. The molecule has 130 valence electrons. The zero-order valence-electron chi connectivity index (χ0n) is 14.5. The highest BCUT2D eigenvalue weighted by Crippen LogP contribution is 2.24. The molecule has 0 aliphatic heterocycles. The van der Waals surface area contributed by atoms with Crippen LogP contribution < -0.4 is 5.32 Å². The summed E-state index contributed by atoms with van der Waals surface area (Å²) in [6, 6.07) is 17.6. The van der Waals surface area contributed by atoms with Gasteiger partial charge in [-0.1, -0.05) is 36.4 Å². The van der Waals surface area contributed by atoms with Crippen molar-refractivity contribution in [3.05, 3.63) is 83.9 Å². The molecule has 1 amide bonds. The molecule has 5 nitrogen and oxygen atoms in total. The van der Waals surface area contributed by atoms with Crippen LogP contribution in [0.15, 0.2) is 71.4 Å². The molecule has 4 rings (SSSR count). The van der Waals surface area contributed by atoms with E-state index >= 15 is 0 Å². The highest BCUT2D eigenvalue weighted by atomic mass is 16.3. The number of benzene rings is 2. The molecule has 1 N–H and O–H groups in total. The molecule has 2 heterocycles. The predicted molar refractivity (Wildman–Crippen MR) is 101 cm³/mol. The number of nitrogens with one attached hydrogen (secondary N) is 1. The molecule has 0 radical (unpaired) electrons. The first kappa shape index (κ1) is 16.1. The van der Waals surface area contributed by atoms with Crippen molar-refractivity contribution in [2.75, 3.05) is 6.54 Å². The summed E-state index contributed by atoms with van der Waals surface area (Å²) < 4.78 is 7.53. The number of carbonyl (C=O) groups is 1. The summed E-state index contributed by atoms with van der Waals surface area (Å²) in [5, 5.41) is 8.27. The maximum Gasteiger partial charge on any atom is 0.287 e. The van der Waals surface area contributed by atoms with Gasteiger partial charge in [-0.3, -0.25) is 4.79 Å². The van der Waals surface area contributed by atoms with E-state index in [1.807, 2.05) is 78.6 Å². The predicted octanol–water partition coefficient (Wildman–Crippen LogP) is 3.90. The summed E-state index contributed by atoms with van der Waals surface area (Å²) in [5.74, 6) is 0.195. The highest BCUT2D eigenvalue weighted by Gasteiger charge is 2.16. The van der Waals surface area contributed by atoms with Gasteiger partial charge < -0.3 is 9.73 Å². The summed E-state index contributed by atoms with van der Waals surface area (Å²) in [6.45, 7) is 2.43. The molecule has 0 aliphatic rings. The largest absolute Gasteiger partial charge is 0.451 e. The Labute approximate surface area is 151 Å². The Kier molecular flexibility index (Phi) is 4.27. The molecule has 0 fully saturated rings. The average Bonchev–Trinajstić information content (AvgIpc) is 3.28. The number of fused-ring (bicyclic) bond motifs is 1. The van der Waals surface area contributed by atoms with Crippen LogP contribution in [0.3, 0.4) is 0 Å². The fourth-order valence-electron chi connectivity index (χ4n) is 3.00. The number of aryl methyl sites for hydroxylation is 1. The van der Waals surface area contributed by atoms with Gasteiger partial charge in [0.25, 0.3) is 5.91 Å². The van der Waals surface area contributed by atoms with Gasteiger partial charge >= 0.3 is 0 Å². The number of hydrogen-bond acceptors (Lipinski definition) is 3. The van der Waals surface area contributed by atoms with Crippen LogP contribution in [-0.2, 0) is 6.42 Å². The van der Waals surface area contributed by atoms with Crippen LogP contribution >= 0.6 is 0 Å². The van der Waals surface area contributed by atoms with E-state index in [1.165, 1.54) is 0 Å². The second kappa shape index (κ2) is 6.88. The van der Waals surface area contributed by atoms with E-state index in [1.54, 1.807) is 0 Å². The third kappa shape index (κ3) is 3.11. The number of carbonyl (C=O) groups excluding carboxylic acids is 1. The lowest BCUT2D eigenvalue weighted by atomic mass is 10.1. The summed E-state index contributed by atoms with van der Waals surface area (Å²) in [7, 11) is 0. The van der Waals surface area contributed by atoms with Crippen molar-refractivity contribution >= 4 is 16.9 Å². The van der Waals surface area contributed by atoms with E-state index in [0.717, 1.165) is 27.8 Å². The van der Waals surface area contributed by atoms with E-state index in [-0.39, 0.29) is 5.91 Å². The Morgan fingerprint density at radius 2 is 1.88 bits per heavy atom. The molecule has 0 aliphatic carbocycles. The normalized spacial score (nSPS) is 11.0. The molecule has 2 aromatic heterocycles. The second-order valence-corrected chi connectivity index (χ2v) is 6.19. The Bertz CT molecular complexity index is 1050. The lowest BCUT2D eigenvalue weighted by Gasteiger charge is -2.03.